The van der Waals surface area contributed by atoms with Crippen LogP contribution in [0.2, 0.25) is 0 Å². The number of phenols is 1. The highest BCUT2D eigenvalue weighted by Crippen LogP contribution is 2.25. The van der Waals surface area contributed by atoms with E-state index in [9.17, 15) is 22.8 Å². The monoisotopic (exact) mass is 307 g/mol. The Morgan fingerprint density at radius 2 is 1.95 bits per heavy atom. The topological polar surface area (TPSA) is 95.9 Å². The Hall–Kier alpha value is -2.29. The normalized spacial score (nSPS) is 12.0. The molecular weight excluding hydrogens is 295 g/mol. The zero-order valence-electron chi connectivity index (χ0n) is 10.8. The molecule has 0 saturated carbocycles. The lowest BCUT2D eigenvalue weighted by Crippen LogP contribution is -2.41. The molecule has 1 aromatic carbocycles. The molecule has 0 bridgehead atoms. The quantitative estimate of drug-likeness (QED) is 0.682. The molecule has 1 atom stereocenters. The Bertz CT molecular complexity index is 564. The van der Waals surface area contributed by atoms with Crippen LogP contribution >= 0.6 is 0 Å². The first-order valence-corrected chi connectivity index (χ1v) is 5.68. The van der Waals surface area contributed by atoms with Crippen molar-refractivity contribution in [2.45, 2.75) is 12.5 Å². The van der Waals surface area contributed by atoms with Crippen molar-refractivity contribution in [1.82, 2.24) is 5.32 Å². The smallest absolute Gasteiger partial charge is 0.326 e. The van der Waals surface area contributed by atoms with Crippen LogP contribution in [-0.4, -0.2) is 41.8 Å². The van der Waals surface area contributed by atoms with Crippen LogP contribution in [-0.2, 0) is 9.53 Å². The fraction of sp³-hybridized carbons (Fsp3) is 0.333. The summed E-state index contributed by atoms with van der Waals surface area (Å²) in [6, 6.07) is -1.18. The Balaban J connectivity index is 3.00. The van der Waals surface area contributed by atoms with Gasteiger partial charge >= 0.3 is 5.97 Å². The van der Waals surface area contributed by atoms with Crippen LogP contribution < -0.4 is 5.32 Å². The van der Waals surface area contributed by atoms with Crippen LogP contribution in [0, 0.1) is 17.5 Å². The standard InChI is InChI=1S/C12H12F3NO5/c1-21-3-2-7(12(19)20)16-11(18)5-4-6(13)9(15)10(17)8(5)14/h4,7,17H,2-3H2,1H3,(H,16,18)(H,19,20). The summed E-state index contributed by atoms with van der Waals surface area (Å²) in [6.45, 7) is 0.00274. The minimum absolute atomic E-state index is 0.00274. The molecule has 1 amide bonds. The van der Waals surface area contributed by atoms with Gasteiger partial charge in [-0.05, 0) is 6.07 Å². The van der Waals surface area contributed by atoms with Crippen LogP contribution in [0.15, 0.2) is 6.07 Å². The first kappa shape index (κ1) is 16.8. The predicted octanol–water partition coefficient (Wildman–Crippen LogP) is 1.03. The average molecular weight is 307 g/mol. The number of benzene rings is 1. The number of phenolic OH excluding ortho intramolecular Hbond substituents is 1. The summed E-state index contributed by atoms with van der Waals surface area (Å²) in [5.41, 5.74) is -1.00. The highest BCUT2D eigenvalue weighted by molar-refractivity contribution is 5.97. The van der Waals surface area contributed by atoms with Crippen molar-refractivity contribution in [1.29, 1.82) is 0 Å². The third-order valence-corrected chi connectivity index (χ3v) is 2.59. The third-order valence-electron chi connectivity index (χ3n) is 2.59. The van der Waals surface area contributed by atoms with E-state index in [0.29, 0.717) is 0 Å². The minimum atomic E-state index is -1.83. The fourth-order valence-electron chi connectivity index (χ4n) is 1.48. The van der Waals surface area contributed by atoms with Crippen LogP contribution in [0.25, 0.3) is 0 Å². The molecule has 1 unspecified atom stereocenters. The van der Waals surface area contributed by atoms with E-state index in [1.807, 2.05) is 5.32 Å². The number of rotatable bonds is 6. The SMILES string of the molecule is COCCC(NC(=O)c1cc(F)c(F)c(O)c1F)C(=O)O. The molecule has 1 aromatic rings. The summed E-state index contributed by atoms with van der Waals surface area (Å²) in [5.74, 6) is -9.51. The highest BCUT2D eigenvalue weighted by Gasteiger charge is 2.26. The Kier molecular flexibility index (Phi) is 5.53. The van der Waals surface area contributed by atoms with Gasteiger partial charge in [0.05, 0.1) is 5.56 Å². The van der Waals surface area contributed by atoms with Crippen LogP contribution in [0.1, 0.15) is 16.8 Å². The number of methoxy groups -OCH3 is 1. The van der Waals surface area contributed by atoms with Gasteiger partial charge in [-0.2, -0.15) is 4.39 Å². The second-order valence-corrected chi connectivity index (χ2v) is 4.03. The number of carboxylic acids is 1. The van der Waals surface area contributed by atoms with Gasteiger partial charge in [0.25, 0.3) is 5.91 Å². The van der Waals surface area contributed by atoms with Gasteiger partial charge in [-0.1, -0.05) is 0 Å². The predicted molar refractivity (Wildman–Crippen MR) is 63.4 cm³/mol. The van der Waals surface area contributed by atoms with Gasteiger partial charge in [-0.25, -0.2) is 13.6 Å². The molecule has 116 valence electrons. The number of hydrogen-bond donors (Lipinski definition) is 3. The Morgan fingerprint density at radius 1 is 1.33 bits per heavy atom. The van der Waals surface area contributed by atoms with Gasteiger partial charge in [0.15, 0.2) is 17.4 Å². The van der Waals surface area contributed by atoms with Gasteiger partial charge in [0, 0.05) is 20.1 Å². The molecule has 1 rings (SSSR count). The fourth-order valence-corrected chi connectivity index (χ4v) is 1.48. The molecule has 0 heterocycles. The number of carbonyl (C=O) groups excluding carboxylic acids is 1. The number of hydrogen-bond acceptors (Lipinski definition) is 4. The van der Waals surface area contributed by atoms with Crippen LogP contribution in [0.4, 0.5) is 13.2 Å². The maximum absolute atomic E-state index is 13.5. The van der Waals surface area contributed by atoms with E-state index in [1.54, 1.807) is 0 Å². The van der Waals surface area contributed by atoms with Crippen LogP contribution in [0.3, 0.4) is 0 Å². The molecule has 0 aliphatic heterocycles. The van der Waals surface area contributed by atoms with Crippen molar-refractivity contribution in [3.05, 3.63) is 29.1 Å². The molecule has 0 aromatic heterocycles. The summed E-state index contributed by atoms with van der Waals surface area (Å²) in [5, 5.41) is 19.8. The Labute approximate surface area is 117 Å². The van der Waals surface area contributed by atoms with E-state index < -0.39 is 46.7 Å². The summed E-state index contributed by atoms with van der Waals surface area (Å²) in [7, 11) is 1.31. The second-order valence-electron chi connectivity index (χ2n) is 4.03. The van der Waals surface area contributed by atoms with Gasteiger partial charge in [-0.15, -0.1) is 0 Å². The number of halogens is 3. The maximum atomic E-state index is 13.5. The van der Waals surface area contributed by atoms with E-state index >= 15 is 0 Å². The van der Waals surface area contributed by atoms with E-state index in [-0.39, 0.29) is 19.1 Å². The van der Waals surface area contributed by atoms with E-state index in [2.05, 4.69) is 4.74 Å². The number of carboxylic acid groups (broad SMARTS) is 1. The minimum Gasteiger partial charge on any atom is -0.503 e. The molecule has 0 saturated heterocycles. The molecule has 0 radical (unpaired) electrons. The molecular formula is C12H12F3NO5. The molecule has 0 fully saturated rings. The van der Waals surface area contributed by atoms with Crippen molar-refractivity contribution in [2.24, 2.45) is 0 Å². The molecule has 3 N–H and O–H groups in total. The first-order chi connectivity index (χ1) is 9.79. The summed E-state index contributed by atoms with van der Waals surface area (Å²) < 4.78 is 44.1. The zero-order chi connectivity index (χ0) is 16.2. The lowest BCUT2D eigenvalue weighted by molar-refractivity contribution is -0.139. The summed E-state index contributed by atoms with van der Waals surface area (Å²) in [6.07, 6.45) is -0.116. The van der Waals surface area contributed by atoms with Crippen molar-refractivity contribution < 1.29 is 37.7 Å². The molecule has 0 aliphatic rings. The van der Waals surface area contributed by atoms with E-state index in [0.717, 1.165) is 0 Å². The second kappa shape index (κ2) is 6.93. The van der Waals surface area contributed by atoms with Crippen molar-refractivity contribution >= 4 is 11.9 Å². The lowest BCUT2D eigenvalue weighted by Gasteiger charge is -2.14. The van der Waals surface area contributed by atoms with Crippen LogP contribution in [0.5, 0.6) is 5.75 Å². The average Bonchev–Trinajstić information content (AvgIpc) is 2.44. The number of aromatic hydroxyl groups is 1. The zero-order valence-corrected chi connectivity index (χ0v) is 10.8. The summed E-state index contributed by atoms with van der Waals surface area (Å²) in [4.78, 5) is 22.6. The molecule has 0 aliphatic carbocycles. The largest absolute Gasteiger partial charge is 0.503 e. The van der Waals surface area contributed by atoms with Gasteiger partial charge < -0.3 is 20.3 Å². The van der Waals surface area contributed by atoms with Crippen molar-refractivity contribution in [3.8, 4) is 5.75 Å². The highest BCUT2D eigenvalue weighted by atomic mass is 19.2. The number of amides is 1. The van der Waals surface area contributed by atoms with E-state index in [1.165, 1.54) is 7.11 Å². The number of carbonyl (C=O) groups is 2. The van der Waals surface area contributed by atoms with Crippen molar-refractivity contribution in [2.75, 3.05) is 13.7 Å². The number of nitrogens with one attached hydrogen (secondary N) is 1. The first-order valence-electron chi connectivity index (χ1n) is 5.68. The number of aliphatic carboxylic acids is 1. The van der Waals surface area contributed by atoms with Gasteiger partial charge in [0.2, 0.25) is 5.82 Å². The summed E-state index contributed by atoms with van der Waals surface area (Å²) >= 11 is 0. The van der Waals surface area contributed by atoms with E-state index in [4.69, 9.17) is 10.2 Å². The maximum Gasteiger partial charge on any atom is 0.326 e. The van der Waals surface area contributed by atoms with Gasteiger partial charge in [-0.3, -0.25) is 4.79 Å². The molecule has 9 heteroatoms. The molecule has 0 spiro atoms. The molecule has 21 heavy (non-hydrogen) atoms. The van der Waals surface area contributed by atoms with Gasteiger partial charge in [0.1, 0.15) is 6.04 Å². The molecule has 6 nitrogen and oxygen atoms in total. The third kappa shape index (κ3) is 3.85. The van der Waals surface area contributed by atoms with Crippen molar-refractivity contribution in [3.63, 3.8) is 0 Å². The number of ether oxygens (including phenoxy) is 1. The Morgan fingerprint density at radius 3 is 2.48 bits per heavy atom. The lowest BCUT2D eigenvalue weighted by atomic mass is 10.1.